The van der Waals surface area contributed by atoms with Crippen LogP contribution < -0.4 is 10.6 Å². The van der Waals surface area contributed by atoms with E-state index in [-0.39, 0.29) is 11.6 Å². The summed E-state index contributed by atoms with van der Waals surface area (Å²) in [5.74, 6) is -0.395. The number of anilines is 1. The molecular formula is C15H21FN2OS. The number of hydrogen-bond donors (Lipinski definition) is 2. The molecule has 1 saturated carbocycles. The highest BCUT2D eigenvalue weighted by Gasteiger charge is 2.24. The molecule has 0 unspecified atom stereocenters. The van der Waals surface area contributed by atoms with Gasteiger partial charge in [0.2, 0.25) is 0 Å². The normalized spacial score (nSPS) is 16.1. The standard InChI is InChI=1S/C15H21FN2OS/c16-12-7-4-8-13(14(12)15(17)20)18(9-10-19)11-5-2-1-3-6-11/h4,7-8,11,19H,1-3,5-6,9-10H2,(H2,17,20). The molecule has 1 aliphatic carbocycles. The Hall–Kier alpha value is -1.20. The van der Waals surface area contributed by atoms with Gasteiger partial charge in [-0.15, -0.1) is 0 Å². The molecule has 0 bridgehead atoms. The van der Waals surface area contributed by atoms with Crippen LogP contribution in [0.3, 0.4) is 0 Å². The van der Waals surface area contributed by atoms with Crippen molar-refractivity contribution in [2.24, 2.45) is 5.73 Å². The fraction of sp³-hybridized carbons (Fsp3) is 0.533. The molecule has 0 aliphatic heterocycles. The molecule has 3 nitrogen and oxygen atoms in total. The van der Waals surface area contributed by atoms with E-state index in [1.165, 1.54) is 25.3 Å². The topological polar surface area (TPSA) is 49.5 Å². The van der Waals surface area contributed by atoms with Gasteiger partial charge in [-0.3, -0.25) is 0 Å². The predicted octanol–water partition coefficient (Wildman–Crippen LogP) is 2.59. The van der Waals surface area contributed by atoms with Crippen LogP contribution in [0, 0.1) is 5.82 Å². The summed E-state index contributed by atoms with van der Waals surface area (Å²) in [5, 5.41) is 9.33. The minimum absolute atomic E-state index is 0.0315. The zero-order chi connectivity index (χ0) is 14.5. The molecule has 5 heteroatoms. The van der Waals surface area contributed by atoms with Gasteiger partial charge < -0.3 is 15.7 Å². The predicted molar refractivity (Wildman–Crippen MR) is 83.6 cm³/mol. The number of nitrogens with two attached hydrogens (primary N) is 1. The molecule has 110 valence electrons. The zero-order valence-corrected chi connectivity index (χ0v) is 12.3. The average molecular weight is 296 g/mol. The molecule has 3 N–H and O–H groups in total. The Bertz CT molecular complexity index is 475. The Labute approximate surface area is 124 Å². The second kappa shape index (κ2) is 6.99. The zero-order valence-electron chi connectivity index (χ0n) is 11.5. The minimum atomic E-state index is -0.395. The van der Waals surface area contributed by atoms with E-state index < -0.39 is 5.82 Å². The van der Waals surface area contributed by atoms with Gasteiger partial charge in [0.05, 0.1) is 17.9 Å². The Morgan fingerprint density at radius 3 is 2.65 bits per heavy atom. The van der Waals surface area contributed by atoms with Gasteiger partial charge in [-0.1, -0.05) is 37.5 Å². The average Bonchev–Trinajstić information content (AvgIpc) is 2.45. The van der Waals surface area contributed by atoms with Crippen LogP contribution in [0.5, 0.6) is 0 Å². The van der Waals surface area contributed by atoms with Gasteiger partial charge in [0.25, 0.3) is 0 Å². The van der Waals surface area contributed by atoms with Gasteiger partial charge in [0.15, 0.2) is 0 Å². The van der Waals surface area contributed by atoms with Gasteiger partial charge >= 0.3 is 0 Å². The van der Waals surface area contributed by atoms with Crippen LogP contribution >= 0.6 is 12.2 Å². The first-order chi connectivity index (χ1) is 9.65. The van der Waals surface area contributed by atoms with Crippen molar-refractivity contribution in [1.29, 1.82) is 0 Å². The van der Waals surface area contributed by atoms with E-state index in [4.69, 9.17) is 18.0 Å². The van der Waals surface area contributed by atoms with Crippen molar-refractivity contribution in [3.8, 4) is 0 Å². The summed E-state index contributed by atoms with van der Waals surface area (Å²) >= 11 is 4.99. The van der Waals surface area contributed by atoms with E-state index in [0.717, 1.165) is 12.8 Å². The molecule has 1 aromatic carbocycles. The van der Waals surface area contributed by atoms with E-state index in [1.54, 1.807) is 6.07 Å². The van der Waals surface area contributed by atoms with Crippen molar-refractivity contribution >= 4 is 22.9 Å². The first-order valence-electron chi connectivity index (χ1n) is 7.11. The van der Waals surface area contributed by atoms with Gasteiger partial charge in [0, 0.05) is 12.6 Å². The first kappa shape index (κ1) is 15.2. The Morgan fingerprint density at radius 2 is 2.05 bits per heavy atom. The lowest BCUT2D eigenvalue weighted by atomic mass is 9.93. The number of aliphatic hydroxyl groups excluding tert-OH is 1. The monoisotopic (exact) mass is 296 g/mol. The maximum absolute atomic E-state index is 14.0. The van der Waals surface area contributed by atoms with Gasteiger partial charge in [-0.2, -0.15) is 0 Å². The second-order valence-electron chi connectivity index (χ2n) is 5.21. The Kier molecular flexibility index (Phi) is 5.31. The molecule has 0 amide bonds. The number of thiocarbonyl (C=S) groups is 1. The molecule has 20 heavy (non-hydrogen) atoms. The number of nitrogens with zero attached hydrogens (tertiary/aromatic N) is 1. The lowest BCUT2D eigenvalue weighted by Crippen LogP contribution is -2.40. The molecule has 1 aromatic rings. The van der Waals surface area contributed by atoms with Crippen molar-refractivity contribution in [2.45, 2.75) is 38.1 Å². The van der Waals surface area contributed by atoms with Crippen molar-refractivity contribution in [3.63, 3.8) is 0 Å². The number of hydrogen-bond acceptors (Lipinski definition) is 3. The van der Waals surface area contributed by atoms with E-state index in [0.29, 0.717) is 23.8 Å². The molecule has 1 fully saturated rings. The molecule has 0 aromatic heterocycles. The van der Waals surface area contributed by atoms with Crippen LogP contribution in [0.25, 0.3) is 0 Å². The minimum Gasteiger partial charge on any atom is -0.395 e. The van der Waals surface area contributed by atoms with Crippen molar-refractivity contribution in [2.75, 3.05) is 18.1 Å². The smallest absolute Gasteiger partial charge is 0.135 e. The second-order valence-corrected chi connectivity index (χ2v) is 5.65. The summed E-state index contributed by atoms with van der Waals surface area (Å²) in [5.41, 5.74) is 6.68. The Balaban J connectivity index is 2.38. The highest BCUT2D eigenvalue weighted by Crippen LogP contribution is 2.30. The summed E-state index contributed by atoms with van der Waals surface area (Å²) in [6.07, 6.45) is 5.71. The number of rotatable bonds is 5. The number of halogens is 1. The van der Waals surface area contributed by atoms with Crippen LogP contribution in [0.1, 0.15) is 37.7 Å². The summed E-state index contributed by atoms with van der Waals surface area (Å²) < 4.78 is 14.0. The van der Waals surface area contributed by atoms with Crippen LogP contribution in [-0.4, -0.2) is 29.3 Å². The Morgan fingerprint density at radius 1 is 1.35 bits per heavy atom. The first-order valence-corrected chi connectivity index (χ1v) is 7.51. The quantitative estimate of drug-likeness (QED) is 0.820. The van der Waals surface area contributed by atoms with E-state index in [1.807, 2.05) is 6.07 Å². The molecule has 0 saturated heterocycles. The lowest BCUT2D eigenvalue weighted by Gasteiger charge is -2.37. The van der Waals surface area contributed by atoms with Crippen LogP contribution in [0.2, 0.25) is 0 Å². The van der Waals surface area contributed by atoms with E-state index in [2.05, 4.69) is 4.90 Å². The third kappa shape index (κ3) is 3.27. The van der Waals surface area contributed by atoms with Crippen molar-refractivity contribution in [3.05, 3.63) is 29.6 Å². The summed E-state index contributed by atoms with van der Waals surface area (Å²) in [7, 11) is 0. The third-order valence-corrected chi connectivity index (χ3v) is 4.11. The number of benzene rings is 1. The molecule has 0 radical (unpaired) electrons. The van der Waals surface area contributed by atoms with Crippen LogP contribution in [0.15, 0.2) is 18.2 Å². The SMILES string of the molecule is NC(=S)c1c(F)cccc1N(CCO)C1CCCCC1. The van der Waals surface area contributed by atoms with Crippen LogP contribution in [-0.2, 0) is 0 Å². The fourth-order valence-electron chi connectivity index (χ4n) is 3.00. The molecule has 1 aliphatic rings. The largest absolute Gasteiger partial charge is 0.395 e. The summed E-state index contributed by atoms with van der Waals surface area (Å²) in [6.45, 7) is 0.507. The highest BCUT2D eigenvalue weighted by molar-refractivity contribution is 7.80. The van der Waals surface area contributed by atoms with Crippen LogP contribution in [0.4, 0.5) is 10.1 Å². The van der Waals surface area contributed by atoms with Crippen molar-refractivity contribution < 1.29 is 9.50 Å². The molecule has 2 rings (SSSR count). The lowest BCUT2D eigenvalue weighted by molar-refractivity contribution is 0.290. The maximum atomic E-state index is 14.0. The third-order valence-electron chi connectivity index (χ3n) is 3.90. The van der Waals surface area contributed by atoms with E-state index >= 15 is 0 Å². The van der Waals surface area contributed by atoms with Crippen molar-refractivity contribution in [1.82, 2.24) is 0 Å². The maximum Gasteiger partial charge on any atom is 0.135 e. The molecule has 0 atom stereocenters. The molecule has 0 heterocycles. The number of aliphatic hydroxyl groups is 1. The van der Waals surface area contributed by atoms with Gasteiger partial charge in [-0.05, 0) is 25.0 Å². The van der Waals surface area contributed by atoms with E-state index in [9.17, 15) is 9.50 Å². The summed E-state index contributed by atoms with van der Waals surface area (Å²) in [6, 6.07) is 5.20. The van der Waals surface area contributed by atoms with Gasteiger partial charge in [-0.25, -0.2) is 4.39 Å². The molecular weight excluding hydrogens is 275 g/mol. The highest BCUT2D eigenvalue weighted by atomic mass is 32.1. The van der Waals surface area contributed by atoms with Gasteiger partial charge in [0.1, 0.15) is 10.8 Å². The summed E-state index contributed by atoms with van der Waals surface area (Å²) in [4.78, 5) is 2.13. The molecule has 0 spiro atoms. The fourth-order valence-corrected chi connectivity index (χ4v) is 3.20.